The summed E-state index contributed by atoms with van der Waals surface area (Å²) in [6.07, 6.45) is 7.63. The molecule has 1 heteroatoms. The molecule has 1 nitrogen and oxygen atoms in total. The van der Waals surface area contributed by atoms with Crippen LogP contribution in [0.15, 0.2) is 24.0 Å². The molecule has 0 heterocycles. The van der Waals surface area contributed by atoms with Crippen LogP contribution < -0.4 is 0 Å². The summed E-state index contributed by atoms with van der Waals surface area (Å²) in [5.41, 5.74) is 0.263. The van der Waals surface area contributed by atoms with Gasteiger partial charge in [0.15, 0.2) is 0 Å². The average molecular weight is 166 g/mol. The van der Waals surface area contributed by atoms with Gasteiger partial charge in [0.2, 0.25) is 0 Å². The highest BCUT2D eigenvalue weighted by Crippen LogP contribution is 2.35. The second kappa shape index (κ2) is 3.34. The van der Waals surface area contributed by atoms with Gasteiger partial charge in [-0.25, -0.2) is 0 Å². The van der Waals surface area contributed by atoms with Crippen molar-refractivity contribution < 1.29 is 4.74 Å². The van der Waals surface area contributed by atoms with Crippen molar-refractivity contribution in [1.29, 1.82) is 0 Å². The fraction of sp³-hybridized carbons (Fsp3) is 0.636. The van der Waals surface area contributed by atoms with Gasteiger partial charge in [0, 0.05) is 5.92 Å². The third-order valence-corrected chi connectivity index (χ3v) is 2.26. The monoisotopic (exact) mass is 166 g/mol. The fourth-order valence-electron chi connectivity index (χ4n) is 1.55. The minimum absolute atomic E-state index is 0.263. The minimum Gasteiger partial charge on any atom is -0.501 e. The third kappa shape index (κ3) is 1.90. The van der Waals surface area contributed by atoms with E-state index in [1.165, 1.54) is 0 Å². The highest BCUT2D eigenvalue weighted by Gasteiger charge is 2.27. The molecule has 0 N–H and O–H groups in total. The van der Waals surface area contributed by atoms with Crippen LogP contribution in [-0.2, 0) is 4.74 Å². The lowest BCUT2D eigenvalue weighted by molar-refractivity contribution is 0.190. The highest BCUT2D eigenvalue weighted by molar-refractivity contribution is 5.17. The number of methoxy groups -OCH3 is 1. The summed E-state index contributed by atoms with van der Waals surface area (Å²) < 4.78 is 5.34. The van der Waals surface area contributed by atoms with Crippen LogP contribution in [0.3, 0.4) is 0 Å². The molecule has 0 aliphatic heterocycles. The molecule has 0 saturated heterocycles. The molecule has 1 aliphatic rings. The van der Waals surface area contributed by atoms with Gasteiger partial charge < -0.3 is 4.74 Å². The number of ether oxygens (including phenoxy) is 1. The van der Waals surface area contributed by atoms with E-state index in [4.69, 9.17) is 4.74 Å². The maximum Gasteiger partial charge on any atom is 0.0992 e. The van der Waals surface area contributed by atoms with Gasteiger partial charge in [0.1, 0.15) is 0 Å². The molecule has 0 spiro atoms. The Balaban J connectivity index is 2.80. The van der Waals surface area contributed by atoms with Crippen molar-refractivity contribution in [3.63, 3.8) is 0 Å². The van der Waals surface area contributed by atoms with Crippen LogP contribution in [0.1, 0.15) is 27.2 Å². The molecular weight excluding hydrogens is 148 g/mol. The first-order chi connectivity index (χ1) is 5.55. The molecule has 0 aromatic carbocycles. The third-order valence-electron chi connectivity index (χ3n) is 2.26. The maximum atomic E-state index is 5.34. The van der Waals surface area contributed by atoms with Crippen molar-refractivity contribution in [2.24, 2.45) is 11.3 Å². The lowest BCUT2D eigenvalue weighted by atomic mass is 9.77. The molecule has 1 aliphatic carbocycles. The SMILES string of the molecule is COC1=CCC=CC1C(C)(C)C. The van der Waals surface area contributed by atoms with Gasteiger partial charge >= 0.3 is 0 Å². The van der Waals surface area contributed by atoms with Gasteiger partial charge in [0.25, 0.3) is 0 Å². The van der Waals surface area contributed by atoms with E-state index >= 15 is 0 Å². The van der Waals surface area contributed by atoms with E-state index in [9.17, 15) is 0 Å². The Morgan fingerprint density at radius 1 is 1.42 bits per heavy atom. The maximum absolute atomic E-state index is 5.34. The first kappa shape index (κ1) is 9.37. The van der Waals surface area contributed by atoms with Gasteiger partial charge in [-0.2, -0.15) is 0 Å². The molecule has 0 saturated carbocycles. The van der Waals surface area contributed by atoms with Crippen molar-refractivity contribution in [2.45, 2.75) is 27.2 Å². The summed E-state index contributed by atoms with van der Waals surface area (Å²) in [5.74, 6) is 1.56. The van der Waals surface area contributed by atoms with E-state index in [2.05, 4.69) is 39.0 Å². The molecule has 1 atom stereocenters. The predicted octanol–water partition coefficient (Wildman–Crippen LogP) is 3.14. The molecule has 0 aromatic rings. The Labute approximate surface area is 75.1 Å². The predicted molar refractivity (Wildman–Crippen MR) is 51.8 cm³/mol. The van der Waals surface area contributed by atoms with Gasteiger partial charge in [-0.1, -0.05) is 32.9 Å². The van der Waals surface area contributed by atoms with Crippen molar-refractivity contribution in [1.82, 2.24) is 0 Å². The van der Waals surface area contributed by atoms with Crippen LogP contribution >= 0.6 is 0 Å². The Morgan fingerprint density at radius 3 is 2.50 bits per heavy atom. The quantitative estimate of drug-likeness (QED) is 0.544. The summed E-state index contributed by atoms with van der Waals surface area (Å²) >= 11 is 0. The van der Waals surface area contributed by atoms with E-state index in [-0.39, 0.29) is 5.41 Å². The molecule has 0 bridgehead atoms. The van der Waals surface area contributed by atoms with Crippen LogP contribution in [0.5, 0.6) is 0 Å². The zero-order chi connectivity index (χ0) is 9.19. The Bertz CT molecular complexity index is 206. The topological polar surface area (TPSA) is 9.23 Å². The molecule has 1 rings (SSSR count). The Morgan fingerprint density at radius 2 is 2.08 bits per heavy atom. The second-order valence-electron chi connectivity index (χ2n) is 4.32. The minimum atomic E-state index is 0.263. The molecule has 1 unspecified atom stereocenters. The van der Waals surface area contributed by atoms with Crippen molar-refractivity contribution in [3.05, 3.63) is 24.0 Å². The largest absolute Gasteiger partial charge is 0.501 e. The van der Waals surface area contributed by atoms with Crippen LogP contribution in [-0.4, -0.2) is 7.11 Å². The number of allylic oxidation sites excluding steroid dienone is 3. The van der Waals surface area contributed by atoms with E-state index in [1.54, 1.807) is 7.11 Å². The van der Waals surface area contributed by atoms with Crippen molar-refractivity contribution in [3.8, 4) is 0 Å². The van der Waals surface area contributed by atoms with Crippen LogP contribution in [0.25, 0.3) is 0 Å². The van der Waals surface area contributed by atoms with Crippen LogP contribution in [0.2, 0.25) is 0 Å². The van der Waals surface area contributed by atoms with Gasteiger partial charge in [0.05, 0.1) is 12.9 Å². The molecule has 0 aromatic heterocycles. The van der Waals surface area contributed by atoms with Gasteiger partial charge in [-0.3, -0.25) is 0 Å². The number of hydrogen-bond acceptors (Lipinski definition) is 1. The Hall–Kier alpha value is -0.720. The summed E-state index contributed by atoms with van der Waals surface area (Å²) in [5, 5.41) is 0. The van der Waals surface area contributed by atoms with Crippen molar-refractivity contribution in [2.75, 3.05) is 7.11 Å². The van der Waals surface area contributed by atoms with E-state index in [0.717, 1.165) is 12.2 Å². The molecule has 12 heavy (non-hydrogen) atoms. The lowest BCUT2D eigenvalue weighted by Gasteiger charge is -2.31. The van der Waals surface area contributed by atoms with Crippen LogP contribution in [0, 0.1) is 11.3 Å². The van der Waals surface area contributed by atoms with E-state index in [1.807, 2.05) is 0 Å². The Kier molecular flexibility index (Phi) is 2.61. The average Bonchev–Trinajstić information content (AvgIpc) is 2.03. The molecular formula is C11H18O. The number of rotatable bonds is 1. The summed E-state index contributed by atoms with van der Waals surface area (Å²) in [6.45, 7) is 6.71. The zero-order valence-corrected chi connectivity index (χ0v) is 8.42. The summed E-state index contributed by atoms with van der Waals surface area (Å²) in [6, 6.07) is 0. The summed E-state index contributed by atoms with van der Waals surface area (Å²) in [4.78, 5) is 0. The number of hydrogen-bond donors (Lipinski definition) is 0. The lowest BCUT2D eigenvalue weighted by Crippen LogP contribution is -2.22. The van der Waals surface area contributed by atoms with Crippen LogP contribution in [0.4, 0.5) is 0 Å². The standard InChI is InChI=1S/C11H18O/c1-11(2,3)9-7-5-6-8-10(9)12-4/h5,7-9H,6H2,1-4H3. The molecule has 0 radical (unpaired) electrons. The van der Waals surface area contributed by atoms with E-state index < -0.39 is 0 Å². The zero-order valence-electron chi connectivity index (χ0n) is 8.42. The fourth-order valence-corrected chi connectivity index (χ4v) is 1.55. The summed E-state index contributed by atoms with van der Waals surface area (Å²) in [7, 11) is 1.75. The van der Waals surface area contributed by atoms with Gasteiger partial charge in [-0.15, -0.1) is 0 Å². The molecule has 0 fully saturated rings. The normalized spacial score (nSPS) is 23.7. The molecule has 0 amide bonds. The van der Waals surface area contributed by atoms with E-state index in [0.29, 0.717) is 5.92 Å². The van der Waals surface area contributed by atoms with Crippen molar-refractivity contribution >= 4 is 0 Å². The second-order valence-corrected chi connectivity index (χ2v) is 4.32. The molecule has 68 valence electrons. The highest BCUT2D eigenvalue weighted by atomic mass is 16.5. The first-order valence-corrected chi connectivity index (χ1v) is 4.46. The first-order valence-electron chi connectivity index (χ1n) is 4.46. The van der Waals surface area contributed by atoms with Gasteiger partial charge in [-0.05, 0) is 17.9 Å². The smallest absolute Gasteiger partial charge is 0.0992 e.